The minimum atomic E-state index is 0.828. The summed E-state index contributed by atoms with van der Waals surface area (Å²) in [4.78, 5) is 4.69. The standard InChI is InChI=1S/C33H57NO/c1-3-5-7-8-10-26-35-33-25-24-32(34-27-33)23-22-31-20-18-30(19-21-31)17-16-29-14-12-28(13-15-29)11-9-6-4-2/h24-25,27-31H,3-23,26H2,1-2H3/t28-,29-,30-,31-. The topological polar surface area (TPSA) is 22.1 Å². The summed E-state index contributed by atoms with van der Waals surface area (Å²) >= 11 is 0. The second-order valence-corrected chi connectivity index (χ2v) is 12.1. The lowest BCUT2D eigenvalue weighted by Crippen LogP contribution is -2.18. The number of nitrogens with zero attached hydrogens (tertiary/aromatic N) is 1. The molecule has 0 saturated heterocycles. The van der Waals surface area contributed by atoms with Gasteiger partial charge in [-0.2, -0.15) is 0 Å². The third-order valence-corrected chi connectivity index (χ3v) is 9.25. The van der Waals surface area contributed by atoms with E-state index in [1.54, 1.807) is 0 Å². The van der Waals surface area contributed by atoms with E-state index in [4.69, 9.17) is 4.74 Å². The van der Waals surface area contributed by atoms with Crippen LogP contribution in [0.3, 0.4) is 0 Å². The maximum absolute atomic E-state index is 5.88. The van der Waals surface area contributed by atoms with Crippen LogP contribution in [-0.2, 0) is 6.42 Å². The van der Waals surface area contributed by atoms with Gasteiger partial charge in [-0.1, -0.05) is 129 Å². The van der Waals surface area contributed by atoms with Crippen molar-refractivity contribution < 1.29 is 4.74 Å². The van der Waals surface area contributed by atoms with Crippen molar-refractivity contribution in [1.29, 1.82) is 0 Å². The number of rotatable bonds is 17. The zero-order valence-corrected chi connectivity index (χ0v) is 23.5. The van der Waals surface area contributed by atoms with E-state index in [9.17, 15) is 0 Å². The first-order valence-electron chi connectivity index (χ1n) is 15.8. The number of hydrogen-bond acceptors (Lipinski definition) is 2. The Kier molecular flexibility index (Phi) is 14.2. The molecule has 2 nitrogen and oxygen atoms in total. The zero-order chi connectivity index (χ0) is 24.6. The van der Waals surface area contributed by atoms with Crippen molar-refractivity contribution >= 4 is 0 Å². The molecule has 1 aromatic rings. The first kappa shape index (κ1) is 28.5. The summed E-state index contributed by atoms with van der Waals surface area (Å²) in [6, 6.07) is 4.32. The largest absolute Gasteiger partial charge is 0.492 e. The van der Waals surface area contributed by atoms with Gasteiger partial charge in [0, 0.05) is 5.69 Å². The van der Waals surface area contributed by atoms with Crippen LogP contribution in [0.4, 0.5) is 0 Å². The van der Waals surface area contributed by atoms with Gasteiger partial charge in [-0.3, -0.25) is 4.98 Å². The van der Waals surface area contributed by atoms with Crippen LogP contribution in [0.25, 0.3) is 0 Å². The van der Waals surface area contributed by atoms with E-state index in [0.717, 1.165) is 48.9 Å². The van der Waals surface area contributed by atoms with Gasteiger partial charge in [0.1, 0.15) is 5.75 Å². The summed E-state index contributed by atoms with van der Waals surface area (Å²) in [5.74, 6) is 4.99. The number of aryl methyl sites for hydroxylation is 1. The highest BCUT2D eigenvalue weighted by atomic mass is 16.5. The summed E-state index contributed by atoms with van der Waals surface area (Å²) in [7, 11) is 0. The molecule has 0 radical (unpaired) electrons. The van der Waals surface area contributed by atoms with E-state index in [2.05, 4.69) is 31.0 Å². The first-order chi connectivity index (χ1) is 17.3. The molecule has 0 spiro atoms. The molecular weight excluding hydrogens is 426 g/mol. The van der Waals surface area contributed by atoms with Crippen molar-refractivity contribution in [3.05, 3.63) is 24.0 Å². The normalized spacial score (nSPS) is 25.0. The Bertz CT molecular complexity index is 625. The maximum atomic E-state index is 5.88. The van der Waals surface area contributed by atoms with Crippen LogP contribution >= 0.6 is 0 Å². The molecule has 0 unspecified atom stereocenters. The Morgan fingerprint density at radius 3 is 1.74 bits per heavy atom. The molecule has 2 saturated carbocycles. The average molecular weight is 484 g/mol. The van der Waals surface area contributed by atoms with Crippen LogP contribution in [0.15, 0.2) is 18.3 Å². The molecule has 1 aromatic heterocycles. The van der Waals surface area contributed by atoms with E-state index >= 15 is 0 Å². The van der Waals surface area contributed by atoms with E-state index in [0.29, 0.717) is 0 Å². The summed E-state index contributed by atoms with van der Waals surface area (Å²) in [6.07, 6.45) is 31.6. The monoisotopic (exact) mass is 483 g/mol. The lowest BCUT2D eigenvalue weighted by Gasteiger charge is -2.32. The van der Waals surface area contributed by atoms with Crippen LogP contribution in [0.1, 0.15) is 148 Å². The van der Waals surface area contributed by atoms with Gasteiger partial charge >= 0.3 is 0 Å². The van der Waals surface area contributed by atoms with Crippen LogP contribution in [0.2, 0.25) is 0 Å². The van der Waals surface area contributed by atoms with Gasteiger partial charge in [-0.05, 0) is 55.1 Å². The van der Waals surface area contributed by atoms with Crippen molar-refractivity contribution in [2.24, 2.45) is 23.7 Å². The maximum Gasteiger partial charge on any atom is 0.137 e. The Morgan fingerprint density at radius 1 is 0.629 bits per heavy atom. The molecule has 200 valence electrons. The third kappa shape index (κ3) is 11.7. The minimum Gasteiger partial charge on any atom is -0.492 e. The molecule has 2 aliphatic rings. The highest BCUT2D eigenvalue weighted by molar-refractivity contribution is 5.19. The Morgan fingerprint density at radius 2 is 1.17 bits per heavy atom. The predicted molar refractivity (Wildman–Crippen MR) is 151 cm³/mol. The lowest BCUT2D eigenvalue weighted by atomic mass is 9.74. The number of ether oxygens (including phenoxy) is 1. The van der Waals surface area contributed by atoms with Gasteiger partial charge in [0.15, 0.2) is 0 Å². The van der Waals surface area contributed by atoms with E-state index < -0.39 is 0 Å². The van der Waals surface area contributed by atoms with Crippen molar-refractivity contribution in [3.8, 4) is 5.75 Å². The fraction of sp³-hybridized carbons (Fsp3) is 0.848. The van der Waals surface area contributed by atoms with E-state index in [-0.39, 0.29) is 0 Å². The average Bonchev–Trinajstić information content (AvgIpc) is 2.90. The summed E-state index contributed by atoms with van der Waals surface area (Å²) in [5.41, 5.74) is 1.24. The van der Waals surface area contributed by atoms with Crippen LogP contribution in [0.5, 0.6) is 5.75 Å². The molecule has 3 rings (SSSR count). The van der Waals surface area contributed by atoms with Crippen LogP contribution in [0, 0.1) is 23.7 Å². The molecule has 0 N–H and O–H groups in total. The molecule has 0 aliphatic heterocycles. The second kappa shape index (κ2) is 17.4. The Hall–Kier alpha value is -1.05. The molecule has 2 fully saturated rings. The van der Waals surface area contributed by atoms with Crippen molar-refractivity contribution in [3.63, 3.8) is 0 Å². The summed E-state index contributed by atoms with van der Waals surface area (Å²) in [5, 5.41) is 0. The number of aromatic nitrogens is 1. The molecule has 0 atom stereocenters. The highest BCUT2D eigenvalue weighted by Crippen LogP contribution is 2.38. The lowest BCUT2D eigenvalue weighted by molar-refractivity contribution is 0.208. The van der Waals surface area contributed by atoms with Gasteiger partial charge < -0.3 is 4.74 Å². The van der Waals surface area contributed by atoms with Crippen molar-refractivity contribution in [2.75, 3.05) is 6.61 Å². The molecule has 0 amide bonds. The first-order valence-corrected chi connectivity index (χ1v) is 15.8. The smallest absolute Gasteiger partial charge is 0.137 e. The van der Waals surface area contributed by atoms with Crippen LogP contribution in [-0.4, -0.2) is 11.6 Å². The second-order valence-electron chi connectivity index (χ2n) is 12.1. The van der Waals surface area contributed by atoms with Gasteiger partial charge in [0.25, 0.3) is 0 Å². The van der Waals surface area contributed by atoms with Crippen LogP contribution < -0.4 is 4.74 Å². The quantitative estimate of drug-likeness (QED) is 0.206. The predicted octanol–water partition coefficient (Wildman–Crippen LogP) is 10.3. The molecule has 35 heavy (non-hydrogen) atoms. The van der Waals surface area contributed by atoms with Crippen molar-refractivity contribution in [2.45, 2.75) is 149 Å². The fourth-order valence-electron chi connectivity index (χ4n) is 6.66. The van der Waals surface area contributed by atoms with Gasteiger partial charge in [0.2, 0.25) is 0 Å². The van der Waals surface area contributed by atoms with Gasteiger partial charge in [0.05, 0.1) is 12.8 Å². The zero-order valence-electron chi connectivity index (χ0n) is 23.5. The molecule has 1 heterocycles. The molecule has 0 bridgehead atoms. The minimum absolute atomic E-state index is 0.828. The third-order valence-electron chi connectivity index (χ3n) is 9.25. The number of unbranched alkanes of at least 4 members (excludes halogenated alkanes) is 6. The Balaban J connectivity index is 1.21. The van der Waals surface area contributed by atoms with Gasteiger partial charge in [-0.25, -0.2) is 0 Å². The number of hydrogen-bond donors (Lipinski definition) is 0. The number of pyridine rings is 1. The summed E-state index contributed by atoms with van der Waals surface area (Å²) < 4.78 is 5.88. The fourth-order valence-corrected chi connectivity index (χ4v) is 6.66. The molecule has 0 aromatic carbocycles. The molecule has 2 heteroatoms. The van der Waals surface area contributed by atoms with E-state index in [1.807, 2.05) is 6.20 Å². The SMILES string of the molecule is CCCCCCCOc1ccc(CC[C@H]2CC[C@H](CC[C@H]3CC[C@H](CCCCC)CC3)CC2)nc1. The Labute approximate surface area is 218 Å². The molecular formula is C33H57NO. The van der Waals surface area contributed by atoms with Crippen molar-refractivity contribution in [1.82, 2.24) is 4.98 Å². The summed E-state index contributed by atoms with van der Waals surface area (Å²) in [6.45, 7) is 5.41. The molecule has 2 aliphatic carbocycles. The van der Waals surface area contributed by atoms with Gasteiger partial charge in [-0.15, -0.1) is 0 Å². The highest BCUT2D eigenvalue weighted by Gasteiger charge is 2.24. The van der Waals surface area contributed by atoms with E-state index in [1.165, 1.54) is 128 Å².